The number of carbonyl (C=O) groups is 5. The van der Waals surface area contributed by atoms with E-state index in [-0.39, 0.29) is 36.6 Å². The topological polar surface area (TPSA) is 196 Å². The number of carbonyl (C=O) groups excluding carboxylic acids is 5. The van der Waals surface area contributed by atoms with Gasteiger partial charge in [-0.3, -0.25) is 29.3 Å². The van der Waals surface area contributed by atoms with Gasteiger partial charge in [-0.15, -0.1) is 0 Å². The van der Waals surface area contributed by atoms with E-state index in [2.05, 4.69) is 22.5 Å². The number of nitrogens with one attached hydrogen (secondary N) is 3. The van der Waals surface area contributed by atoms with Crippen LogP contribution in [-0.4, -0.2) is 108 Å². The Bertz CT molecular complexity index is 1700. The summed E-state index contributed by atoms with van der Waals surface area (Å²) in [5, 5.41) is 20.1. The highest BCUT2D eigenvalue weighted by atomic mass is 16.6. The molecule has 326 valence electrons. The third kappa shape index (κ3) is 12.3. The van der Waals surface area contributed by atoms with Crippen LogP contribution in [0.2, 0.25) is 0 Å². The van der Waals surface area contributed by atoms with E-state index >= 15 is 0 Å². The van der Waals surface area contributed by atoms with Gasteiger partial charge in [-0.25, -0.2) is 4.79 Å². The lowest BCUT2D eigenvalue weighted by atomic mass is 9.85. The minimum Gasteiger partial charge on any atom is -0.444 e. The molecule has 0 radical (unpaired) electrons. The number of rotatable bonds is 16. The Morgan fingerprint density at radius 1 is 1.03 bits per heavy atom. The first-order valence-electron chi connectivity index (χ1n) is 21.5. The first-order valence-corrected chi connectivity index (χ1v) is 21.5. The van der Waals surface area contributed by atoms with Crippen molar-refractivity contribution >= 4 is 29.6 Å². The van der Waals surface area contributed by atoms with Crippen molar-refractivity contribution in [1.82, 2.24) is 20.9 Å². The van der Waals surface area contributed by atoms with E-state index in [1.807, 2.05) is 40.7 Å². The van der Waals surface area contributed by atoms with Crippen LogP contribution in [0.25, 0.3) is 0 Å². The van der Waals surface area contributed by atoms with Crippen LogP contribution in [0, 0.1) is 15.5 Å². The summed E-state index contributed by atoms with van der Waals surface area (Å²) in [6.07, 6.45) is 8.14. The normalized spacial score (nSPS) is 25.4. The van der Waals surface area contributed by atoms with E-state index in [1.165, 1.54) is 4.90 Å². The van der Waals surface area contributed by atoms with E-state index < -0.39 is 76.3 Å². The number of nitro groups is 1. The average Bonchev–Trinajstić information content (AvgIpc) is 3.50. The average molecular weight is 824 g/mol. The van der Waals surface area contributed by atoms with Crippen molar-refractivity contribution in [2.75, 3.05) is 26.3 Å². The fourth-order valence-electron chi connectivity index (χ4n) is 8.56. The standard InChI is InChI=1S/C44H65N5O10/c1-7-15-33(45-39(51)34-22-28(2)25-48(34)41(53)38(43(3,4)5)47-42(54)59-32-20-21-57-27-32)37(58-31-18-12-10-8-9-11-13-19-31)40(52)46-36-24-44(36,6)30-17-14-16-29(23-30)35(50)26-49(55)56/h14,16-17,23,31-34,36-38H,2,7-13,15,18-22,24-27H2,1,3-6H3,(H,45,51)(H,46,52)(H,47,54)/t32-,33-,34-,36?,37?,38+,44-/m0/s1. The fraction of sp³-hybridized carbons (Fsp3) is 0.705. The predicted molar refractivity (Wildman–Crippen MR) is 220 cm³/mol. The smallest absolute Gasteiger partial charge is 0.408 e. The third-order valence-electron chi connectivity index (χ3n) is 12.2. The SMILES string of the molecule is C=C1C[C@@H](C(=O)N[C@@H](CCC)C(OC2CCCCCCCC2)C(=O)NC2C[C@@]2(C)c2cccc(C(=O)C[N+](=O)[O-])c2)N(C(=O)[C@@H](NC(=O)O[C@H]2CCOC2)C(C)(C)C)C1. The first-order chi connectivity index (χ1) is 28.0. The number of ketones is 1. The van der Waals surface area contributed by atoms with Gasteiger partial charge in [0.1, 0.15) is 18.2 Å². The second kappa shape index (κ2) is 20.3. The lowest BCUT2D eigenvalue weighted by Gasteiger charge is -2.36. The van der Waals surface area contributed by atoms with Crippen molar-refractivity contribution in [2.24, 2.45) is 5.41 Å². The maximum Gasteiger partial charge on any atom is 0.408 e. The van der Waals surface area contributed by atoms with Crippen molar-refractivity contribution in [3.63, 3.8) is 0 Å². The Labute approximate surface area is 348 Å². The molecule has 2 saturated carbocycles. The van der Waals surface area contributed by atoms with Gasteiger partial charge in [0.2, 0.25) is 17.6 Å². The Morgan fingerprint density at radius 2 is 1.73 bits per heavy atom. The molecule has 5 rings (SSSR count). The number of amides is 4. The zero-order valence-corrected chi connectivity index (χ0v) is 35.6. The van der Waals surface area contributed by atoms with E-state index in [4.69, 9.17) is 14.2 Å². The second-order valence-electron chi connectivity index (χ2n) is 18.2. The molecule has 3 N–H and O–H groups in total. The molecule has 15 nitrogen and oxygen atoms in total. The molecule has 4 amide bonds. The van der Waals surface area contributed by atoms with Crippen LogP contribution in [0.3, 0.4) is 0 Å². The summed E-state index contributed by atoms with van der Waals surface area (Å²) in [6, 6.07) is 3.82. The number of alkyl carbamates (subject to hydrolysis) is 1. The molecule has 7 atom stereocenters. The highest BCUT2D eigenvalue weighted by Crippen LogP contribution is 2.48. The zero-order chi connectivity index (χ0) is 42.9. The van der Waals surface area contributed by atoms with Gasteiger partial charge in [0.25, 0.3) is 12.5 Å². The van der Waals surface area contributed by atoms with E-state index in [0.29, 0.717) is 44.5 Å². The number of Topliss-reactive ketones (excluding diaryl/α,β-unsaturated/α-hetero) is 1. The maximum absolute atomic E-state index is 14.5. The van der Waals surface area contributed by atoms with Gasteiger partial charge in [-0.2, -0.15) is 0 Å². The zero-order valence-electron chi connectivity index (χ0n) is 35.6. The van der Waals surface area contributed by atoms with Crippen LogP contribution in [0.1, 0.15) is 134 Å². The van der Waals surface area contributed by atoms with E-state index in [1.54, 1.807) is 18.2 Å². The van der Waals surface area contributed by atoms with Crippen LogP contribution in [0.4, 0.5) is 4.79 Å². The summed E-state index contributed by atoms with van der Waals surface area (Å²) in [7, 11) is 0. The summed E-state index contributed by atoms with van der Waals surface area (Å²) < 4.78 is 17.6. The number of benzene rings is 1. The Morgan fingerprint density at radius 3 is 2.36 bits per heavy atom. The molecule has 15 heteroatoms. The Hall–Kier alpha value is -4.37. The van der Waals surface area contributed by atoms with Gasteiger partial charge >= 0.3 is 6.09 Å². The summed E-state index contributed by atoms with van der Waals surface area (Å²) in [4.78, 5) is 80.6. The molecule has 1 aromatic carbocycles. The fourth-order valence-corrected chi connectivity index (χ4v) is 8.56. The van der Waals surface area contributed by atoms with Crippen molar-refractivity contribution in [3.05, 3.63) is 57.7 Å². The van der Waals surface area contributed by atoms with E-state index in [0.717, 1.165) is 56.9 Å². The maximum atomic E-state index is 14.5. The van der Waals surface area contributed by atoms with Crippen LogP contribution in [0.15, 0.2) is 36.4 Å². The Balaban J connectivity index is 1.35. The van der Waals surface area contributed by atoms with Crippen molar-refractivity contribution < 1.29 is 43.1 Å². The van der Waals surface area contributed by atoms with Crippen LogP contribution < -0.4 is 16.0 Å². The van der Waals surface area contributed by atoms with Gasteiger partial charge in [-0.1, -0.05) is 110 Å². The molecule has 0 spiro atoms. The molecule has 2 heterocycles. The largest absolute Gasteiger partial charge is 0.444 e. The third-order valence-corrected chi connectivity index (χ3v) is 12.2. The summed E-state index contributed by atoms with van der Waals surface area (Å²) in [5.41, 5.74) is 0.480. The quantitative estimate of drug-likeness (QED) is 0.0823. The highest BCUT2D eigenvalue weighted by Gasteiger charge is 2.53. The molecule has 4 aliphatic rings. The van der Waals surface area contributed by atoms with Crippen LogP contribution in [-0.2, 0) is 34.0 Å². The van der Waals surface area contributed by atoms with Crippen molar-refractivity contribution in [2.45, 2.75) is 166 Å². The molecule has 0 bridgehead atoms. The summed E-state index contributed by atoms with van der Waals surface area (Å²) in [5.74, 6) is -1.81. The van der Waals surface area contributed by atoms with Gasteiger partial charge in [0.15, 0.2) is 6.10 Å². The van der Waals surface area contributed by atoms with Crippen LogP contribution in [0.5, 0.6) is 0 Å². The van der Waals surface area contributed by atoms with Crippen LogP contribution >= 0.6 is 0 Å². The van der Waals surface area contributed by atoms with Gasteiger partial charge in [0.05, 0.1) is 25.4 Å². The molecule has 2 saturated heterocycles. The molecule has 2 unspecified atom stereocenters. The molecule has 59 heavy (non-hydrogen) atoms. The number of hydrogen-bond donors (Lipinski definition) is 3. The second-order valence-corrected chi connectivity index (χ2v) is 18.2. The molecule has 2 aliphatic heterocycles. The monoisotopic (exact) mass is 823 g/mol. The van der Waals surface area contributed by atoms with Crippen molar-refractivity contribution in [3.8, 4) is 0 Å². The minimum atomic E-state index is -1.03. The predicted octanol–water partition coefficient (Wildman–Crippen LogP) is 5.55. The molecule has 0 aromatic heterocycles. The first kappa shape index (κ1) is 45.7. The number of hydrogen-bond acceptors (Lipinski definition) is 10. The molecule has 4 fully saturated rings. The lowest BCUT2D eigenvalue weighted by Crippen LogP contribution is -2.60. The lowest BCUT2D eigenvalue weighted by molar-refractivity contribution is -0.465. The van der Waals surface area contributed by atoms with Gasteiger partial charge in [-0.05, 0) is 49.1 Å². The Kier molecular flexibility index (Phi) is 15.7. The summed E-state index contributed by atoms with van der Waals surface area (Å²) in [6.45, 7) is 13.7. The molecule has 1 aromatic rings. The van der Waals surface area contributed by atoms with E-state index in [9.17, 15) is 34.1 Å². The molecule has 2 aliphatic carbocycles. The number of ether oxygens (including phenoxy) is 3. The minimum absolute atomic E-state index is 0.136. The van der Waals surface area contributed by atoms with Gasteiger partial charge < -0.3 is 35.1 Å². The summed E-state index contributed by atoms with van der Waals surface area (Å²) >= 11 is 0. The molecular formula is C44H65N5O10. The number of likely N-dealkylation sites (tertiary alicyclic amines) is 1. The highest BCUT2D eigenvalue weighted by molar-refractivity contribution is 5.97. The molecular weight excluding hydrogens is 759 g/mol. The van der Waals surface area contributed by atoms with Crippen molar-refractivity contribution in [1.29, 1.82) is 0 Å². The van der Waals surface area contributed by atoms with Gasteiger partial charge in [0, 0.05) is 34.9 Å². The number of nitrogens with zero attached hydrogens (tertiary/aromatic N) is 2.